The minimum Gasteiger partial charge on any atom is -0.461 e. The maximum Gasteiger partial charge on any atom is 0.407 e. The molecule has 1 N–H and O–H groups in total. The Morgan fingerprint density at radius 2 is 1.53 bits per heavy atom. The van der Waals surface area contributed by atoms with Crippen molar-refractivity contribution < 1.29 is 19.1 Å². The van der Waals surface area contributed by atoms with Crippen LogP contribution in [0.3, 0.4) is 0 Å². The fourth-order valence-electron chi connectivity index (χ4n) is 4.10. The van der Waals surface area contributed by atoms with Gasteiger partial charge in [-0.2, -0.15) is 0 Å². The molecule has 8 heteroatoms. The van der Waals surface area contributed by atoms with Gasteiger partial charge in [-0.25, -0.2) is 4.79 Å². The van der Waals surface area contributed by atoms with E-state index in [0.29, 0.717) is 0 Å². The molecule has 3 aromatic rings. The number of rotatable bonds is 9. The number of hydrogen-bond donors (Lipinski definition) is 1. The Labute approximate surface area is 197 Å². The Balaban J connectivity index is 1.34. The lowest BCUT2D eigenvalue weighted by atomic mass is 9.98. The smallest absolute Gasteiger partial charge is 0.407 e. The number of carbonyl (C=O) groups is 2. The van der Waals surface area contributed by atoms with E-state index in [0.717, 1.165) is 27.8 Å². The Hall–Kier alpha value is -4.29. The van der Waals surface area contributed by atoms with Crippen LogP contribution in [0.1, 0.15) is 29.0 Å². The predicted octanol–water partition coefficient (Wildman–Crippen LogP) is 5.34. The highest BCUT2D eigenvalue weighted by molar-refractivity contribution is 5.79. The number of azide groups is 1. The maximum absolute atomic E-state index is 12.5. The number of nitrogens with one attached hydrogen (secondary N) is 1. The Kier molecular flexibility index (Phi) is 7.42. The molecule has 1 amide bonds. The molecule has 0 heterocycles. The summed E-state index contributed by atoms with van der Waals surface area (Å²) in [4.78, 5) is 27.5. The van der Waals surface area contributed by atoms with Crippen LogP contribution in [0.2, 0.25) is 0 Å². The lowest BCUT2D eigenvalue weighted by Crippen LogP contribution is -2.39. The fraction of sp³-hybridized carbons (Fsp3) is 0.231. The van der Waals surface area contributed by atoms with E-state index >= 15 is 0 Å². The van der Waals surface area contributed by atoms with Crippen LogP contribution in [0.5, 0.6) is 0 Å². The third-order valence-electron chi connectivity index (χ3n) is 5.69. The van der Waals surface area contributed by atoms with E-state index in [1.54, 1.807) is 0 Å². The first-order valence-electron chi connectivity index (χ1n) is 11.0. The number of esters is 1. The summed E-state index contributed by atoms with van der Waals surface area (Å²) >= 11 is 0. The van der Waals surface area contributed by atoms with E-state index in [-0.39, 0.29) is 32.1 Å². The van der Waals surface area contributed by atoms with Gasteiger partial charge < -0.3 is 14.8 Å². The molecule has 0 aliphatic heterocycles. The van der Waals surface area contributed by atoms with Crippen molar-refractivity contribution in [3.8, 4) is 11.1 Å². The molecule has 0 radical (unpaired) electrons. The zero-order valence-electron chi connectivity index (χ0n) is 18.5. The first-order chi connectivity index (χ1) is 16.7. The summed E-state index contributed by atoms with van der Waals surface area (Å²) in [7, 11) is 0. The van der Waals surface area contributed by atoms with Crippen molar-refractivity contribution >= 4 is 12.1 Å². The second-order valence-corrected chi connectivity index (χ2v) is 7.93. The van der Waals surface area contributed by atoms with Gasteiger partial charge in [0.1, 0.15) is 13.2 Å². The van der Waals surface area contributed by atoms with Crippen molar-refractivity contribution in [1.82, 2.24) is 5.32 Å². The lowest BCUT2D eigenvalue weighted by Gasteiger charge is -2.18. The summed E-state index contributed by atoms with van der Waals surface area (Å²) in [6.45, 7) is 0.173. The average molecular weight is 457 g/mol. The van der Waals surface area contributed by atoms with Crippen LogP contribution in [-0.4, -0.2) is 31.3 Å². The summed E-state index contributed by atoms with van der Waals surface area (Å²) in [5.41, 5.74) is 14.0. The van der Waals surface area contributed by atoms with Crippen LogP contribution >= 0.6 is 0 Å². The number of fused-ring (bicyclic) bond motifs is 3. The average Bonchev–Trinajstić information content (AvgIpc) is 3.19. The molecule has 34 heavy (non-hydrogen) atoms. The molecule has 0 spiro atoms. The van der Waals surface area contributed by atoms with E-state index in [4.69, 9.17) is 15.0 Å². The molecule has 0 fully saturated rings. The molecule has 4 rings (SSSR count). The molecule has 0 bridgehead atoms. The molecule has 0 unspecified atom stereocenters. The minimum atomic E-state index is -0.741. The molecule has 1 atom stereocenters. The van der Waals surface area contributed by atoms with Crippen LogP contribution in [0.15, 0.2) is 84.0 Å². The molecule has 1 aliphatic rings. The number of hydrogen-bond acceptors (Lipinski definition) is 5. The van der Waals surface area contributed by atoms with Crippen molar-refractivity contribution in [2.75, 3.05) is 13.2 Å². The molecule has 8 nitrogen and oxygen atoms in total. The number of alkyl carbamates (subject to hydrolysis) is 1. The molecule has 0 saturated heterocycles. The first kappa shape index (κ1) is 22.9. The van der Waals surface area contributed by atoms with Gasteiger partial charge in [0, 0.05) is 23.4 Å². The Morgan fingerprint density at radius 1 is 0.912 bits per heavy atom. The van der Waals surface area contributed by atoms with Gasteiger partial charge in [0.15, 0.2) is 0 Å². The second kappa shape index (κ2) is 11.0. The third-order valence-corrected chi connectivity index (χ3v) is 5.69. The van der Waals surface area contributed by atoms with E-state index < -0.39 is 18.1 Å². The van der Waals surface area contributed by atoms with Gasteiger partial charge in [-0.15, -0.1) is 0 Å². The van der Waals surface area contributed by atoms with Gasteiger partial charge in [-0.1, -0.05) is 84.0 Å². The van der Waals surface area contributed by atoms with Crippen LogP contribution in [-0.2, 0) is 20.9 Å². The van der Waals surface area contributed by atoms with E-state index in [1.165, 1.54) is 0 Å². The molecule has 3 aromatic carbocycles. The van der Waals surface area contributed by atoms with Gasteiger partial charge in [-0.05, 0) is 33.3 Å². The molecule has 0 saturated carbocycles. The van der Waals surface area contributed by atoms with Crippen LogP contribution < -0.4 is 5.32 Å². The second-order valence-electron chi connectivity index (χ2n) is 7.93. The van der Waals surface area contributed by atoms with Gasteiger partial charge in [0.05, 0.1) is 6.42 Å². The van der Waals surface area contributed by atoms with Gasteiger partial charge in [0.25, 0.3) is 0 Å². The van der Waals surface area contributed by atoms with Crippen molar-refractivity contribution in [1.29, 1.82) is 0 Å². The fourth-order valence-corrected chi connectivity index (χ4v) is 4.10. The molecular formula is C26H24N4O4. The molecule has 172 valence electrons. The predicted molar refractivity (Wildman–Crippen MR) is 127 cm³/mol. The first-order valence-corrected chi connectivity index (χ1v) is 11.0. The number of amides is 1. The Bertz CT molecular complexity index is 1160. The van der Waals surface area contributed by atoms with Crippen molar-refractivity contribution in [2.24, 2.45) is 5.11 Å². The molecule has 0 aromatic heterocycles. The summed E-state index contributed by atoms with van der Waals surface area (Å²) < 4.78 is 10.8. The topological polar surface area (TPSA) is 113 Å². The van der Waals surface area contributed by atoms with Crippen LogP contribution in [0.25, 0.3) is 21.6 Å². The SMILES string of the molecule is [N-]=[N+]=NC[C@H](CC(=O)OCc1ccccc1)NC(=O)OCC1c2ccccc2-c2ccccc21. The zero-order chi connectivity index (χ0) is 23.8. The van der Waals surface area contributed by atoms with Crippen LogP contribution in [0, 0.1) is 0 Å². The van der Waals surface area contributed by atoms with E-state index in [2.05, 4.69) is 27.5 Å². The summed E-state index contributed by atoms with van der Waals surface area (Å²) in [6.07, 6.45) is -0.827. The molecular weight excluding hydrogens is 432 g/mol. The lowest BCUT2D eigenvalue weighted by molar-refractivity contribution is -0.145. The normalized spacial score (nSPS) is 12.6. The number of benzene rings is 3. The maximum atomic E-state index is 12.5. The van der Waals surface area contributed by atoms with Crippen LogP contribution in [0.4, 0.5) is 4.79 Å². The van der Waals surface area contributed by atoms with Gasteiger partial charge >= 0.3 is 12.1 Å². The highest BCUT2D eigenvalue weighted by atomic mass is 16.5. The summed E-state index contributed by atoms with van der Waals surface area (Å²) in [6, 6.07) is 24.6. The van der Waals surface area contributed by atoms with Gasteiger partial charge in [0.2, 0.25) is 0 Å². The third kappa shape index (κ3) is 5.54. The standard InChI is InChI=1S/C26H24N4O4/c27-30-28-15-19(14-25(31)33-16-18-8-2-1-3-9-18)29-26(32)34-17-24-22-12-6-4-10-20(22)21-11-5-7-13-23(21)24/h1-13,19,24H,14-17H2,(H,29,32)/t19-/m0/s1. The quantitative estimate of drug-likeness (QED) is 0.203. The number of carbonyl (C=O) groups excluding carboxylic acids is 2. The van der Waals surface area contributed by atoms with Gasteiger partial charge in [-0.3, -0.25) is 4.79 Å². The number of ether oxygens (including phenoxy) is 2. The highest BCUT2D eigenvalue weighted by Crippen LogP contribution is 2.44. The zero-order valence-corrected chi connectivity index (χ0v) is 18.5. The van der Waals surface area contributed by atoms with E-state index in [9.17, 15) is 9.59 Å². The van der Waals surface area contributed by atoms with Crippen molar-refractivity contribution in [3.63, 3.8) is 0 Å². The van der Waals surface area contributed by atoms with Crippen molar-refractivity contribution in [2.45, 2.75) is 25.0 Å². The number of nitrogens with zero attached hydrogens (tertiary/aromatic N) is 3. The highest BCUT2D eigenvalue weighted by Gasteiger charge is 2.29. The van der Waals surface area contributed by atoms with E-state index in [1.807, 2.05) is 66.7 Å². The minimum absolute atomic E-state index is 0.0791. The summed E-state index contributed by atoms with van der Waals surface area (Å²) in [5.74, 6) is -0.592. The Morgan fingerprint density at radius 3 is 2.18 bits per heavy atom. The monoisotopic (exact) mass is 456 g/mol. The largest absolute Gasteiger partial charge is 0.461 e. The van der Waals surface area contributed by atoms with Crippen molar-refractivity contribution in [3.05, 3.63) is 106 Å². The summed E-state index contributed by atoms with van der Waals surface area (Å²) in [5, 5.41) is 6.12. The molecule has 1 aliphatic carbocycles.